The van der Waals surface area contributed by atoms with Crippen LogP contribution < -0.4 is 5.73 Å². The molecule has 90 valence electrons. The molecule has 0 saturated heterocycles. The highest BCUT2D eigenvalue weighted by atomic mass is 32.2. The number of nitrogens with two attached hydrogens (primary N) is 1. The minimum absolute atomic E-state index is 0.115. The molecule has 0 bridgehead atoms. The Morgan fingerprint density at radius 2 is 2.12 bits per heavy atom. The zero-order valence-corrected chi connectivity index (χ0v) is 10.9. The summed E-state index contributed by atoms with van der Waals surface area (Å²) in [5.74, 6) is 0.722. The van der Waals surface area contributed by atoms with E-state index in [1.807, 2.05) is 33.2 Å². The minimum atomic E-state index is -0.168. The van der Waals surface area contributed by atoms with Gasteiger partial charge in [-0.05, 0) is 38.7 Å². The molecule has 1 aromatic rings. The summed E-state index contributed by atoms with van der Waals surface area (Å²) in [5.41, 5.74) is 6.53. The highest BCUT2D eigenvalue weighted by molar-refractivity contribution is 7.99. The van der Waals surface area contributed by atoms with Crippen LogP contribution >= 0.6 is 11.8 Å². The Morgan fingerprint density at radius 1 is 1.44 bits per heavy atom. The number of hydrogen-bond acceptors (Lipinski definition) is 3. The van der Waals surface area contributed by atoms with Gasteiger partial charge in [-0.15, -0.1) is 11.8 Å². The van der Waals surface area contributed by atoms with Crippen LogP contribution in [0.1, 0.15) is 18.5 Å². The van der Waals surface area contributed by atoms with E-state index in [4.69, 9.17) is 5.73 Å². The Morgan fingerprint density at radius 3 is 2.62 bits per heavy atom. The highest BCUT2D eigenvalue weighted by Gasteiger charge is 2.06. The van der Waals surface area contributed by atoms with Crippen molar-refractivity contribution in [1.82, 2.24) is 4.90 Å². The van der Waals surface area contributed by atoms with Gasteiger partial charge < -0.3 is 10.6 Å². The van der Waals surface area contributed by atoms with E-state index >= 15 is 0 Å². The lowest BCUT2D eigenvalue weighted by Crippen LogP contribution is -2.14. The molecule has 2 N–H and O–H groups in total. The molecule has 0 spiro atoms. The molecule has 4 heteroatoms. The Kier molecular flexibility index (Phi) is 5.25. The monoisotopic (exact) mass is 242 g/mol. The maximum atomic E-state index is 13.6. The summed E-state index contributed by atoms with van der Waals surface area (Å²) >= 11 is 1.54. The van der Waals surface area contributed by atoms with E-state index in [-0.39, 0.29) is 11.9 Å². The van der Waals surface area contributed by atoms with Gasteiger partial charge in [0.15, 0.2) is 0 Å². The van der Waals surface area contributed by atoms with Crippen LogP contribution in [0, 0.1) is 5.82 Å². The van der Waals surface area contributed by atoms with E-state index in [1.54, 1.807) is 0 Å². The molecular weight excluding hydrogens is 223 g/mol. The average molecular weight is 242 g/mol. The van der Waals surface area contributed by atoms with Gasteiger partial charge in [0.05, 0.1) is 0 Å². The normalized spacial score (nSPS) is 13.1. The SMILES string of the molecule is C[C@@H](N)c1ccc(SCCN(C)C)c(F)c1. The molecule has 0 saturated carbocycles. The fourth-order valence-corrected chi connectivity index (χ4v) is 2.29. The molecule has 16 heavy (non-hydrogen) atoms. The lowest BCUT2D eigenvalue weighted by molar-refractivity contribution is 0.437. The van der Waals surface area contributed by atoms with Gasteiger partial charge >= 0.3 is 0 Å². The van der Waals surface area contributed by atoms with Crippen LogP contribution in [0.3, 0.4) is 0 Å². The molecule has 2 nitrogen and oxygen atoms in total. The zero-order valence-electron chi connectivity index (χ0n) is 10.0. The van der Waals surface area contributed by atoms with Gasteiger partial charge in [-0.25, -0.2) is 4.39 Å². The molecule has 0 fully saturated rings. The van der Waals surface area contributed by atoms with E-state index in [9.17, 15) is 4.39 Å². The first-order valence-corrected chi connectivity index (χ1v) is 6.32. The van der Waals surface area contributed by atoms with Crippen molar-refractivity contribution in [3.05, 3.63) is 29.6 Å². The predicted molar refractivity (Wildman–Crippen MR) is 68.3 cm³/mol. The van der Waals surface area contributed by atoms with Crippen molar-refractivity contribution in [3.8, 4) is 0 Å². The number of nitrogens with zero attached hydrogens (tertiary/aromatic N) is 1. The molecule has 0 unspecified atom stereocenters. The Bertz CT molecular complexity index is 340. The van der Waals surface area contributed by atoms with Crippen LogP contribution in [0.25, 0.3) is 0 Å². The second-order valence-electron chi connectivity index (χ2n) is 4.13. The van der Waals surface area contributed by atoms with Crippen LogP contribution in [-0.2, 0) is 0 Å². The first-order valence-electron chi connectivity index (χ1n) is 5.33. The molecule has 0 aliphatic heterocycles. The summed E-state index contributed by atoms with van der Waals surface area (Å²) in [7, 11) is 4.02. The molecule has 0 amide bonds. The number of rotatable bonds is 5. The Balaban J connectivity index is 2.61. The number of hydrogen-bond donors (Lipinski definition) is 1. The van der Waals surface area contributed by atoms with Gasteiger partial charge in [0.2, 0.25) is 0 Å². The lowest BCUT2D eigenvalue weighted by Gasteiger charge is -2.10. The van der Waals surface area contributed by atoms with Gasteiger partial charge in [-0.2, -0.15) is 0 Å². The summed E-state index contributed by atoms with van der Waals surface area (Å²) in [4.78, 5) is 2.78. The van der Waals surface area contributed by atoms with E-state index in [1.165, 1.54) is 17.8 Å². The van der Waals surface area contributed by atoms with E-state index in [0.717, 1.165) is 17.9 Å². The summed E-state index contributed by atoms with van der Waals surface area (Å²) in [6, 6.07) is 5.12. The van der Waals surface area contributed by atoms with Gasteiger partial charge in [-0.3, -0.25) is 0 Å². The fraction of sp³-hybridized carbons (Fsp3) is 0.500. The van der Waals surface area contributed by atoms with Crippen molar-refractivity contribution in [2.24, 2.45) is 5.73 Å². The zero-order chi connectivity index (χ0) is 12.1. The fourth-order valence-electron chi connectivity index (χ4n) is 1.26. The van der Waals surface area contributed by atoms with Gasteiger partial charge in [0.25, 0.3) is 0 Å². The molecule has 1 aromatic carbocycles. The first kappa shape index (κ1) is 13.5. The standard InChI is InChI=1S/C12H19FN2S/c1-9(14)10-4-5-12(11(13)8-10)16-7-6-15(2)3/h4-5,8-9H,6-7,14H2,1-3H3/t9-/m1/s1. The van der Waals surface area contributed by atoms with Crippen molar-refractivity contribution in [2.75, 3.05) is 26.4 Å². The molecular formula is C12H19FN2S. The van der Waals surface area contributed by atoms with Gasteiger partial charge in [-0.1, -0.05) is 6.07 Å². The molecule has 1 atom stereocenters. The van der Waals surface area contributed by atoms with Gasteiger partial charge in [0, 0.05) is 23.2 Å². The van der Waals surface area contributed by atoms with Gasteiger partial charge in [0.1, 0.15) is 5.82 Å². The Hall–Kier alpha value is -0.580. The van der Waals surface area contributed by atoms with Crippen molar-refractivity contribution in [1.29, 1.82) is 0 Å². The molecule has 0 radical (unpaired) electrons. The Labute approximate surface area is 101 Å². The van der Waals surface area contributed by atoms with Crippen molar-refractivity contribution in [3.63, 3.8) is 0 Å². The van der Waals surface area contributed by atoms with Crippen LogP contribution in [0.15, 0.2) is 23.1 Å². The third-order valence-corrected chi connectivity index (χ3v) is 3.31. The molecule has 0 aliphatic carbocycles. The summed E-state index contributed by atoms with van der Waals surface area (Å²) in [5, 5.41) is 0. The van der Waals surface area contributed by atoms with Crippen LogP contribution in [-0.4, -0.2) is 31.3 Å². The summed E-state index contributed by atoms with van der Waals surface area (Å²) in [6.45, 7) is 2.80. The molecule has 0 aromatic heterocycles. The quantitative estimate of drug-likeness (QED) is 0.804. The van der Waals surface area contributed by atoms with Crippen molar-refractivity contribution >= 4 is 11.8 Å². The maximum Gasteiger partial charge on any atom is 0.137 e. The topological polar surface area (TPSA) is 29.3 Å². The second-order valence-corrected chi connectivity index (χ2v) is 5.27. The third-order valence-electron chi connectivity index (χ3n) is 2.28. The number of halogens is 1. The third kappa shape index (κ3) is 4.12. The average Bonchev–Trinajstić information content (AvgIpc) is 2.19. The lowest BCUT2D eigenvalue weighted by atomic mass is 10.1. The summed E-state index contributed by atoms with van der Waals surface area (Å²) < 4.78 is 13.6. The van der Waals surface area contributed by atoms with Crippen LogP contribution in [0.2, 0.25) is 0 Å². The molecule has 1 rings (SSSR count). The van der Waals surface area contributed by atoms with E-state index in [0.29, 0.717) is 4.90 Å². The van der Waals surface area contributed by atoms with Crippen molar-refractivity contribution in [2.45, 2.75) is 17.9 Å². The number of thioether (sulfide) groups is 1. The molecule has 0 aliphatic rings. The number of benzene rings is 1. The highest BCUT2D eigenvalue weighted by Crippen LogP contribution is 2.24. The smallest absolute Gasteiger partial charge is 0.137 e. The van der Waals surface area contributed by atoms with E-state index < -0.39 is 0 Å². The summed E-state index contributed by atoms with van der Waals surface area (Å²) in [6.07, 6.45) is 0. The molecule has 0 heterocycles. The largest absolute Gasteiger partial charge is 0.324 e. The second kappa shape index (κ2) is 6.23. The minimum Gasteiger partial charge on any atom is -0.324 e. The first-order chi connectivity index (χ1) is 7.50. The predicted octanol–water partition coefficient (Wildman–Crippen LogP) is 2.50. The van der Waals surface area contributed by atoms with Crippen LogP contribution in [0.5, 0.6) is 0 Å². The maximum absolute atomic E-state index is 13.6. The van der Waals surface area contributed by atoms with Crippen LogP contribution in [0.4, 0.5) is 4.39 Å². The van der Waals surface area contributed by atoms with E-state index in [2.05, 4.69) is 4.90 Å². The van der Waals surface area contributed by atoms with Crippen molar-refractivity contribution < 1.29 is 4.39 Å².